The molecule has 0 aliphatic rings. The molecule has 1 heterocycles. The first-order valence-corrected chi connectivity index (χ1v) is 7.65. The van der Waals surface area contributed by atoms with E-state index in [1.807, 2.05) is 6.07 Å². The number of aryl methyl sites for hydroxylation is 2. The van der Waals surface area contributed by atoms with Crippen LogP contribution in [0.4, 0.5) is 5.69 Å². The Morgan fingerprint density at radius 1 is 1.35 bits per heavy atom. The molecule has 20 heavy (non-hydrogen) atoms. The Bertz CT molecular complexity index is 735. The van der Waals surface area contributed by atoms with Crippen molar-refractivity contribution in [3.63, 3.8) is 0 Å². The Morgan fingerprint density at radius 2 is 2.05 bits per heavy atom. The zero-order chi connectivity index (χ0) is 14.9. The molecule has 0 atom stereocenters. The van der Waals surface area contributed by atoms with E-state index in [1.165, 1.54) is 0 Å². The Hall–Kier alpha value is -1.86. The topological polar surface area (TPSA) is 90.0 Å². The number of nitrogens with one attached hydrogen (secondary N) is 1. The zero-order valence-electron chi connectivity index (χ0n) is 11.7. The maximum atomic E-state index is 12.5. The van der Waals surface area contributed by atoms with E-state index in [-0.39, 0.29) is 4.90 Å². The summed E-state index contributed by atoms with van der Waals surface area (Å²) in [5.41, 5.74) is 8.21. The summed E-state index contributed by atoms with van der Waals surface area (Å²) in [5, 5.41) is 4.11. The lowest BCUT2D eigenvalue weighted by Crippen LogP contribution is -2.15. The number of benzene rings is 1. The number of aromatic nitrogens is 2. The van der Waals surface area contributed by atoms with Crippen LogP contribution in [0.15, 0.2) is 29.3 Å². The molecule has 2 rings (SSSR count). The molecular formula is C13H18N4O2S. The molecule has 0 saturated carbocycles. The molecule has 0 amide bonds. The molecule has 0 spiro atoms. The molecule has 0 saturated heterocycles. The molecular weight excluding hydrogens is 276 g/mol. The van der Waals surface area contributed by atoms with Crippen molar-refractivity contribution < 1.29 is 8.42 Å². The first kappa shape index (κ1) is 14.5. The van der Waals surface area contributed by atoms with Gasteiger partial charge in [-0.2, -0.15) is 5.10 Å². The van der Waals surface area contributed by atoms with Crippen LogP contribution in [0.2, 0.25) is 0 Å². The highest BCUT2D eigenvalue weighted by Gasteiger charge is 2.19. The minimum absolute atomic E-state index is 0.240. The number of anilines is 1. The molecule has 1 aromatic heterocycles. The first-order chi connectivity index (χ1) is 9.35. The smallest absolute Gasteiger partial charge is 0.262 e. The van der Waals surface area contributed by atoms with Crippen LogP contribution in [-0.4, -0.2) is 18.2 Å². The monoisotopic (exact) mass is 294 g/mol. The van der Waals surface area contributed by atoms with E-state index < -0.39 is 10.0 Å². The Morgan fingerprint density at radius 3 is 2.60 bits per heavy atom. The number of hydrogen-bond donors (Lipinski definition) is 2. The van der Waals surface area contributed by atoms with Crippen LogP contribution in [0, 0.1) is 13.8 Å². The van der Waals surface area contributed by atoms with Crippen LogP contribution in [0.3, 0.4) is 0 Å². The highest BCUT2D eigenvalue weighted by atomic mass is 32.2. The summed E-state index contributed by atoms with van der Waals surface area (Å²) >= 11 is 0. The van der Waals surface area contributed by atoms with Gasteiger partial charge in [0.1, 0.15) is 0 Å². The average molecular weight is 294 g/mol. The molecule has 108 valence electrons. The van der Waals surface area contributed by atoms with Gasteiger partial charge in [-0.15, -0.1) is 0 Å². The summed E-state index contributed by atoms with van der Waals surface area (Å²) in [6.45, 7) is 3.81. The van der Waals surface area contributed by atoms with Crippen LogP contribution >= 0.6 is 0 Å². The van der Waals surface area contributed by atoms with Gasteiger partial charge in [0.25, 0.3) is 10.0 Å². The maximum absolute atomic E-state index is 12.5. The van der Waals surface area contributed by atoms with Crippen molar-refractivity contribution in [3.05, 3.63) is 41.2 Å². The van der Waals surface area contributed by atoms with Gasteiger partial charge in [-0.1, -0.05) is 12.1 Å². The van der Waals surface area contributed by atoms with Gasteiger partial charge < -0.3 is 5.73 Å². The van der Waals surface area contributed by atoms with E-state index in [1.54, 1.807) is 43.9 Å². The second-order valence-corrected chi connectivity index (χ2v) is 6.30. The number of sulfonamides is 1. The van der Waals surface area contributed by atoms with Gasteiger partial charge in [-0.05, 0) is 31.0 Å². The fourth-order valence-electron chi connectivity index (χ4n) is 2.07. The lowest BCUT2D eigenvalue weighted by molar-refractivity contribution is 0.600. The molecule has 0 fully saturated rings. The molecule has 6 nitrogen and oxygen atoms in total. The molecule has 0 bridgehead atoms. The Balaban J connectivity index is 2.43. The normalized spacial score (nSPS) is 11.6. The van der Waals surface area contributed by atoms with E-state index in [4.69, 9.17) is 5.73 Å². The maximum Gasteiger partial charge on any atom is 0.262 e. The third-order valence-electron chi connectivity index (χ3n) is 3.16. The number of hydrogen-bond acceptors (Lipinski definition) is 4. The molecule has 0 aliphatic carbocycles. The summed E-state index contributed by atoms with van der Waals surface area (Å²) in [6, 6.07) is 5.09. The predicted octanol–water partition coefficient (Wildman–Crippen LogP) is 1.30. The van der Waals surface area contributed by atoms with Crippen molar-refractivity contribution in [2.24, 2.45) is 12.8 Å². The number of rotatable bonds is 4. The second kappa shape index (κ2) is 5.26. The lowest BCUT2D eigenvalue weighted by Gasteiger charge is -2.12. The van der Waals surface area contributed by atoms with Gasteiger partial charge >= 0.3 is 0 Å². The summed E-state index contributed by atoms with van der Waals surface area (Å²) in [7, 11) is -1.90. The summed E-state index contributed by atoms with van der Waals surface area (Å²) in [4.78, 5) is 0.240. The second-order valence-electron chi connectivity index (χ2n) is 4.65. The molecule has 0 unspecified atom stereocenters. The fraction of sp³-hybridized carbons (Fsp3) is 0.308. The summed E-state index contributed by atoms with van der Waals surface area (Å²) in [5.74, 6) is 0. The quantitative estimate of drug-likeness (QED) is 0.889. The van der Waals surface area contributed by atoms with Gasteiger partial charge in [0.2, 0.25) is 0 Å². The van der Waals surface area contributed by atoms with Crippen LogP contribution in [0.5, 0.6) is 0 Å². The van der Waals surface area contributed by atoms with Crippen molar-refractivity contribution in [1.29, 1.82) is 0 Å². The zero-order valence-corrected chi connectivity index (χ0v) is 12.5. The van der Waals surface area contributed by atoms with Crippen molar-refractivity contribution >= 4 is 15.7 Å². The van der Waals surface area contributed by atoms with Crippen molar-refractivity contribution in [1.82, 2.24) is 9.78 Å². The van der Waals surface area contributed by atoms with Gasteiger partial charge in [-0.25, -0.2) is 8.42 Å². The average Bonchev–Trinajstić information content (AvgIpc) is 2.67. The van der Waals surface area contributed by atoms with Crippen molar-refractivity contribution in [2.75, 3.05) is 4.72 Å². The van der Waals surface area contributed by atoms with Crippen LogP contribution < -0.4 is 10.5 Å². The van der Waals surface area contributed by atoms with Gasteiger partial charge in [0.15, 0.2) is 0 Å². The van der Waals surface area contributed by atoms with Crippen molar-refractivity contribution in [3.8, 4) is 0 Å². The predicted molar refractivity (Wildman–Crippen MR) is 77.8 cm³/mol. The third-order valence-corrected chi connectivity index (χ3v) is 4.67. The van der Waals surface area contributed by atoms with E-state index in [0.29, 0.717) is 23.5 Å². The van der Waals surface area contributed by atoms with Crippen LogP contribution in [0.1, 0.15) is 16.8 Å². The van der Waals surface area contributed by atoms with Gasteiger partial charge in [-0.3, -0.25) is 9.40 Å². The number of nitrogens with zero attached hydrogens (tertiary/aromatic N) is 2. The Labute approximate surface area is 118 Å². The van der Waals surface area contributed by atoms with Gasteiger partial charge in [0, 0.05) is 19.8 Å². The van der Waals surface area contributed by atoms with E-state index in [9.17, 15) is 8.42 Å². The SMILES string of the molecule is Cc1nn(C)cc1NS(=O)(=O)c1cccc(CN)c1C. The summed E-state index contributed by atoms with van der Waals surface area (Å²) < 4.78 is 29.1. The molecule has 0 aliphatic heterocycles. The largest absolute Gasteiger partial charge is 0.326 e. The third kappa shape index (κ3) is 2.68. The minimum atomic E-state index is -3.64. The number of nitrogens with two attached hydrogens (primary N) is 1. The molecule has 0 radical (unpaired) electrons. The van der Waals surface area contributed by atoms with Gasteiger partial charge in [0.05, 0.1) is 16.3 Å². The van der Waals surface area contributed by atoms with Crippen LogP contribution in [0.25, 0.3) is 0 Å². The Kier molecular flexibility index (Phi) is 3.82. The van der Waals surface area contributed by atoms with Crippen molar-refractivity contribution in [2.45, 2.75) is 25.3 Å². The van der Waals surface area contributed by atoms with E-state index >= 15 is 0 Å². The van der Waals surface area contributed by atoms with Crippen LogP contribution in [-0.2, 0) is 23.6 Å². The standard InChI is InChI=1S/C13H18N4O2S/c1-9-11(7-14)5-4-6-13(9)20(18,19)16-12-8-17(3)15-10(12)2/h4-6,8,16H,7,14H2,1-3H3. The molecule has 1 aromatic carbocycles. The molecule has 3 N–H and O–H groups in total. The minimum Gasteiger partial charge on any atom is -0.326 e. The molecule has 7 heteroatoms. The highest BCUT2D eigenvalue weighted by molar-refractivity contribution is 7.92. The highest BCUT2D eigenvalue weighted by Crippen LogP contribution is 2.22. The summed E-state index contributed by atoms with van der Waals surface area (Å²) in [6.07, 6.45) is 1.63. The van der Waals surface area contributed by atoms with E-state index in [2.05, 4.69) is 9.82 Å². The first-order valence-electron chi connectivity index (χ1n) is 6.17. The molecule has 2 aromatic rings. The fourth-order valence-corrected chi connectivity index (χ4v) is 3.46. The van der Waals surface area contributed by atoms with E-state index in [0.717, 1.165) is 5.56 Å². The lowest BCUT2D eigenvalue weighted by atomic mass is 10.1.